The third-order valence-electron chi connectivity index (χ3n) is 4.24. The Morgan fingerprint density at radius 1 is 1.07 bits per heavy atom. The number of aryl methyl sites for hydroxylation is 1. The van der Waals surface area contributed by atoms with Crippen LogP contribution in [-0.2, 0) is 19.7 Å². The number of nitrogens with zero attached hydrogens (tertiary/aromatic N) is 4. The van der Waals surface area contributed by atoms with Gasteiger partial charge in [-0.1, -0.05) is 48.2 Å². The zero-order valence-electron chi connectivity index (χ0n) is 16.1. The Bertz CT molecular complexity index is 883. The number of nitrogens with one attached hydrogen (secondary N) is 1. The van der Waals surface area contributed by atoms with Crippen LogP contribution in [0.1, 0.15) is 30.9 Å². The highest BCUT2D eigenvalue weighted by Crippen LogP contribution is 2.29. The van der Waals surface area contributed by atoms with E-state index in [2.05, 4.69) is 27.8 Å². The van der Waals surface area contributed by atoms with Gasteiger partial charge in [0.2, 0.25) is 5.95 Å². The first-order chi connectivity index (χ1) is 13.7. The van der Waals surface area contributed by atoms with Crippen LogP contribution in [-0.4, -0.2) is 27.3 Å². The second-order valence-electron chi connectivity index (χ2n) is 6.33. The lowest BCUT2D eigenvalue weighted by atomic mass is 10.2. The maximum absolute atomic E-state index is 5.91. The molecule has 0 aliphatic rings. The number of hydrogen-bond donors (Lipinski definition) is 1. The van der Waals surface area contributed by atoms with Crippen LogP contribution in [0.4, 0.5) is 5.95 Å². The smallest absolute Gasteiger partial charge is 0.243 e. The quantitative estimate of drug-likeness (QED) is 0.545. The molecule has 1 N–H and O–H groups in total. The van der Waals surface area contributed by atoms with Gasteiger partial charge in [-0.3, -0.25) is 0 Å². The second kappa shape index (κ2) is 9.94. The van der Waals surface area contributed by atoms with E-state index in [0.29, 0.717) is 35.6 Å². The van der Waals surface area contributed by atoms with Gasteiger partial charge in [0.05, 0.1) is 7.11 Å². The molecule has 0 aliphatic carbocycles. The van der Waals surface area contributed by atoms with Crippen molar-refractivity contribution < 1.29 is 9.47 Å². The fourth-order valence-electron chi connectivity index (χ4n) is 2.65. The summed E-state index contributed by atoms with van der Waals surface area (Å²) in [7, 11) is 1.63. The summed E-state index contributed by atoms with van der Waals surface area (Å²) in [5.41, 5.74) is 2.08. The first-order valence-electron chi connectivity index (χ1n) is 9.23. The van der Waals surface area contributed by atoms with Gasteiger partial charge in [-0.25, -0.2) is 4.68 Å². The SMILES string of the molecule is CCCCn1nnnc1NCc1ccc(OCc2ccc(Cl)cc2)c(OC)c1. The van der Waals surface area contributed by atoms with E-state index in [4.69, 9.17) is 21.1 Å². The monoisotopic (exact) mass is 401 g/mol. The molecule has 0 fully saturated rings. The van der Waals surface area contributed by atoms with Gasteiger partial charge in [-0.15, -0.1) is 0 Å². The number of benzene rings is 2. The number of hydrogen-bond acceptors (Lipinski definition) is 6. The highest BCUT2D eigenvalue weighted by molar-refractivity contribution is 6.30. The Morgan fingerprint density at radius 2 is 1.86 bits per heavy atom. The fourth-order valence-corrected chi connectivity index (χ4v) is 2.78. The van der Waals surface area contributed by atoms with Gasteiger partial charge in [0, 0.05) is 18.1 Å². The van der Waals surface area contributed by atoms with Gasteiger partial charge in [0.25, 0.3) is 0 Å². The van der Waals surface area contributed by atoms with Crippen molar-refractivity contribution in [1.82, 2.24) is 20.2 Å². The third kappa shape index (κ3) is 5.36. The molecular weight excluding hydrogens is 378 g/mol. The summed E-state index contributed by atoms with van der Waals surface area (Å²) in [6.45, 7) is 3.96. The van der Waals surface area contributed by atoms with Gasteiger partial charge in [-0.05, 0) is 52.2 Å². The van der Waals surface area contributed by atoms with E-state index in [1.807, 2.05) is 42.5 Å². The Balaban J connectivity index is 1.61. The number of halogens is 1. The first kappa shape index (κ1) is 19.9. The molecule has 0 radical (unpaired) electrons. The maximum atomic E-state index is 5.91. The summed E-state index contributed by atoms with van der Waals surface area (Å²) in [6, 6.07) is 13.4. The van der Waals surface area contributed by atoms with Gasteiger partial charge in [-0.2, -0.15) is 0 Å². The summed E-state index contributed by atoms with van der Waals surface area (Å²) in [5.74, 6) is 2.03. The first-order valence-corrected chi connectivity index (χ1v) is 9.61. The Labute approximate surface area is 169 Å². The zero-order chi connectivity index (χ0) is 19.8. The lowest BCUT2D eigenvalue weighted by Gasteiger charge is -2.13. The Hall–Kier alpha value is -2.80. The van der Waals surface area contributed by atoms with Gasteiger partial charge in [0.1, 0.15) is 6.61 Å². The van der Waals surface area contributed by atoms with E-state index >= 15 is 0 Å². The lowest BCUT2D eigenvalue weighted by Crippen LogP contribution is -2.09. The largest absolute Gasteiger partial charge is 0.493 e. The molecule has 3 rings (SSSR count). The predicted molar refractivity (Wildman–Crippen MR) is 109 cm³/mol. The number of ether oxygens (including phenoxy) is 2. The van der Waals surface area contributed by atoms with Crippen LogP contribution in [0.15, 0.2) is 42.5 Å². The van der Waals surface area contributed by atoms with Crippen LogP contribution in [0.3, 0.4) is 0 Å². The average Bonchev–Trinajstić information content (AvgIpc) is 3.18. The number of aromatic nitrogens is 4. The van der Waals surface area contributed by atoms with E-state index < -0.39 is 0 Å². The minimum absolute atomic E-state index is 0.442. The van der Waals surface area contributed by atoms with Crippen molar-refractivity contribution in [3.63, 3.8) is 0 Å². The van der Waals surface area contributed by atoms with E-state index in [9.17, 15) is 0 Å². The Morgan fingerprint density at radius 3 is 2.61 bits per heavy atom. The molecular formula is C20H24ClN5O2. The fraction of sp³-hybridized carbons (Fsp3) is 0.350. The lowest BCUT2D eigenvalue weighted by molar-refractivity contribution is 0.284. The van der Waals surface area contributed by atoms with Crippen LogP contribution in [0, 0.1) is 0 Å². The molecule has 3 aromatic rings. The Kier molecular flexibility index (Phi) is 7.08. The maximum Gasteiger partial charge on any atom is 0.243 e. The molecule has 0 aliphatic heterocycles. The normalized spacial score (nSPS) is 10.7. The second-order valence-corrected chi connectivity index (χ2v) is 6.77. The van der Waals surface area contributed by atoms with Crippen LogP contribution in [0.2, 0.25) is 5.02 Å². The molecule has 0 amide bonds. The van der Waals surface area contributed by atoms with Crippen LogP contribution in [0.25, 0.3) is 0 Å². The molecule has 7 nitrogen and oxygen atoms in total. The molecule has 0 saturated heterocycles. The predicted octanol–water partition coefficient (Wildman–Crippen LogP) is 4.33. The minimum atomic E-state index is 0.442. The van der Waals surface area contributed by atoms with E-state index in [0.717, 1.165) is 30.5 Å². The van der Waals surface area contributed by atoms with Gasteiger partial charge in [0.15, 0.2) is 11.5 Å². The standard InChI is InChI=1S/C20H24ClN5O2/c1-3-4-11-26-20(23-24-25-26)22-13-16-7-10-18(19(12-16)27-2)28-14-15-5-8-17(21)9-6-15/h5-10,12H,3-4,11,13-14H2,1-2H3,(H,22,23,25). The van der Waals surface area contributed by atoms with Crippen molar-refractivity contribution in [3.05, 3.63) is 58.6 Å². The van der Waals surface area contributed by atoms with E-state index in [-0.39, 0.29) is 0 Å². The summed E-state index contributed by atoms with van der Waals surface area (Å²) in [6.07, 6.45) is 2.13. The van der Waals surface area contributed by atoms with E-state index in [1.54, 1.807) is 11.8 Å². The van der Waals surface area contributed by atoms with Crippen LogP contribution in [0.5, 0.6) is 11.5 Å². The number of unbranched alkanes of at least 4 members (excludes halogenated alkanes) is 1. The molecule has 8 heteroatoms. The van der Waals surface area contributed by atoms with Crippen LogP contribution < -0.4 is 14.8 Å². The van der Waals surface area contributed by atoms with Crippen LogP contribution >= 0.6 is 11.6 Å². The molecule has 1 heterocycles. The van der Waals surface area contributed by atoms with Crippen molar-refractivity contribution in [2.24, 2.45) is 0 Å². The third-order valence-corrected chi connectivity index (χ3v) is 4.49. The highest BCUT2D eigenvalue weighted by atomic mass is 35.5. The number of tetrazole rings is 1. The number of anilines is 1. The molecule has 0 atom stereocenters. The van der Waals surface area contributed by atoms with Crippen molar-refractivity contribution in [3.8, 4) is 11.5 Å². The minimum Gasteiger partial charge on any atom is -0.493 e. The summed E-state index contributed by atoms with van der Waals surface area (Å²) in [4.78, 5) is 0. The van der Waals surface area contributed by atoms with Crippen molar-refractivity contribution in [2.45, 2.75) is 39.5 Å². The zero-order valence-corrected chi connectivity index (χ0v) is 16.8. The van der Waals surface area contributed by atoms with Crippen molar-refractivity contribution in [1.29, 1.82) is 0 Å². The summed E-state index contributed by atoms with van der Waals surface area (Å²) < 4.78 is 13.2. The van der Waals surface area contributed by atoms with Crippen molar-refractivity contribution >= 4 is 17.5 Å². The molecule has 148 valence electrons. The molecule has 0 saturated carbocycles. The molecule has 0 spiro atoms. The molecule has 28 heavy (non-hydrogen) atoms. The van der Waals surface area contributed by atoms with Gasteiger partial charge < -0.3 is 14.8 Å². The molecule has 0 bridgehead atoms. The topological polar surface area (TPSA) is 74.1 Å². The molecule has 1 aromatic heterocycles. The average molecular weight is 402 g/mol. The molecule has 0 unspecified atom stereocenters. The summed E-state index contributed by atoms with van der Waals surface area (Å²) >= 11 is 5.91. The molecule has 2 aromatic carbocycles. The number of rotatable bonds is 10. The van der Waals surface area contributed by atoms with Crippen molar-refractivity contribution in [2.75, 3.05) is 12.4 Å². The van der Waals surface area contributed by atoms with Gasteiger partial charge >= 0.3 is 0 Å². The van der Waals surface area contributed by atoms with E-state index in [1.165, 1.54) is 0 Å². The number of methoxy groups -OCH3 is 1. The highest BCUT2D eigenvalue weighted by Gasteiger charge is 2.09. The summed E-state index contributed by atoms with van der Waals surface area (Å²) in [5, 5.41) is 15.8.